The zero-order valence-corrected chi connectivity index (χ0v) is 76.8. The fourth-order valence-electron chi connectivity index (χ4n) is 14.4. The van der Waals surface area contributed by atoms with Gasteiger partial charge in [0.05, 0.1) is 9.85 Å². The molecule has 0 radical (unpaired) electrons. The van der Waals surface area contributed by atoms with Crippen LogP contribution in [-0.4, -0.2) is 15.3 Å². The van der Waals surface area contributed by atoms with Gasteiger partial charge in [-0.25, -0.2) is 0 Å². The number of nitrogen functional groups attached to an aromatic ring is 4. The topological polar surface area (TPSA) is 264 Å². The Morgan fingerprint density at radius 1 is 0.197 bits per heavy atom. The summed E-state index contributed by atoms with van der Waals surface area (Å²) >= 11 is 0. The number of nitrogens with zero attached hydrogens (tertiary/aromatic N) is 8. The molecule has 11 N–H and O–H groups in total. The minimum Gasteiger partial charge on any atom is -0.870 e. The third-order valence-electron chi connectivity index (χ3n) is 20.4. The van der Waals surface area contributed by atoms with Crippen LogP contribution in [-0.2, 0) is 0 Å². The van der Waals surface area contributed by atoms with Gasteiger partial charge in [-0.3, -0.25) is 20.2 Å². The van der Waals surface area contributed by atoms with E-state index in [1.165, 1.54) is 30.2 Å². The number of para-hydroxylation sites is 8. The fraction of sp³-hybridized carbons (Fsp3) is 0.0268. The van der Waals surface area contributed by atoms with E-state index in [0.717, 1.165) is 148 Å². The van der Waals surface area contributed by atoms with Crippen LogP contribution in [0, 0.1) is 26.1 Å². The maximum absolute atomic E-state index is 11.2. The summed E-state index contributed by atoms with van der Waals surface area (Å²) < 4.78 is 0. The predicted octanol–water partition coefficient (Wildman–Crippen LogP) is 27.6. The molecular formula is C112H100KN14O5-. The van der Waals surface area contributed by atoms with Crippen LogP contribution in [0.1, 0.15) is 20.8 Å². The van der Waals surface area contributed by atoms with Crippen molar-refractivity contribution in [2.24, 2.45) is 0 Å². The number of hydrogen-bond donors (Lipinski definition) is 6. The molecule has 0 unspecified atom stereocenters. The Morgan fingerprint density at radius 2 is 0.311 bits per heavy atom. The number of nitro groups is 2. The Morgan fingerprint density at radius 3 is 0.455 bits per heavy atom. The number of non-ortho nitro benzene ring substituents is 2. The molecule has 0 heterocycles. The molecule has 18 aromatic carbocycles. The van der Waals surface area contributed by atoms with Crippen molar-refractivity contribution < 1.29 is 66.7 Å². The maximum atomic E-state index is 11.2. The number of nitro benzene ring substituents is 2. The zero-order chi connectivity index (χ0) is 90.3. The van der Waals surface area contributed by atoms with Gasteiger partial charge >= 0.3 is 51.4 Å². The van der Waals surface area contributed by atoms with E-state index in [4.69, 9.17) is 22.9 Å². The molecule has 0 bridgehead atoms. The van der Waals surface area contributed by atoms with Crippen molar-refractivity contribution in [2.45, 2.75) is 20.8 Å². The van der Waals surface area contributed by atoms with Crippen molar-refractivity contribution in [3.63, 3.8) is 0 Å². The number of anilines is 26. The Balaban J connectivity index is 0.000000159. The summed E-state index contributed by atoms with van der Waals surface area (Å²) in [5.41, 5.74) is 49.0. The Hall–Kier alpha value is -16.0. The van der Waals surface area contributed by atoms with Crippen molar-refractivity contribution in [3.8, 4) is 0 Å². The molecule has 0 aliphatic carbocycles. The van der Waals surface area contributed by atoms with Gasteiger partial charge in [0.25, 0.3) is 11.4 Å². The third kappa shape index (κ3) is 26.1. The average Bonchev–Trinajstić information content (AvgIpc) is 0.797. The first kappa shape index (κ1) is 95.1. The molecule has 0 aliphatic rings. The van der Waals surface area contributed by atoms with Crippen molar-refractivity contribution >= 4 is 159 Å². The zero-order valence-electron chi connectivity index (χ0n) is 73.7. The average molecular weight is 1760 g/mol. The Labute approximate surface area is 814 Å². The van der Waals surface area contributed by atoms with Crippen LogP contribution in [0.5, 0.6) is 0 Å². The molecule has 0 fully saturated rings. The van der Waals surface area contributed by atoms with Gasteiger partial charge in [-0.1, -0.05) is 146 Å². The second kappa shape index (κ2) is 47.7. The summed E-state index contributed by atoms with van der Waals surface area (Å²) in [5, 5.41) is 29.1. The monoisotopic (exact) mass is 1760 g/mol. The van der Waals surface area contributed by atoms with Crippen LogP contribution in [0.25, 0.3) is 0 Å². The van der Waals surface area contributed by atoms with Gasteiger partial charge in [0.2, 0.25) is 0 Å². The summed E-state index contributed by atoms with van der Waals surface area (Å²) in [7, 11) is 0. The second-order valence-corrected chi connectivity index (χ2v) is 30.5. The number of hydrogen-bond acceptors (Lipinski definition) is 17. The van der Waals surface area contributed by atoms with Crippen LogP contribution in [0.15, 0.2) is 485 Å². The molecule has 0 aliphatic heterocycles. The summed E-state index contributed by atoms with van der Waals surface area (Å²) in [6, 6.07) is 159. The Kier molecular flexibility index (Phi) is 34.3. The summed E-state index contributed by atoms with van der Waals surface area (Å²) in [4.78, 5) is 34.4. The molecule has 18 rings (SSSR count). The second-order valence-electron chi connectivity index (χ2n) is 30.5. The Bertz CT molecular complexity index is 5880. The molecular weight excluding hydrogens is 1660 g/mol. The van der Waals surface area contributed by atoms with E-state index in [9.17, 15) is 20.2 Å². The third-order valence-corrected chi connectivity index (χ3v) is 20.4. The number of nitrogens with one attached hydrogen (secondary N) is 2. The molecule has 0 aromatic heterocycles. The van der Waals surface area contributed by atoms with Gasteiger partial charge in [0, 0.05) is 172 Å². The largest absolute Gasteiger partial charge is 1.00 e. The van der Waals surface area contributed by atoms with E-state index in [0.29, 0.717) is 0 Å². The van der Waals surface area contributed by atoms with Crippen LogP contribution in [0.2, 0.25) is 0 Å². The summed E-state index contributed by atoms with van der Waals surface area (Å²) in [5.74, 6) is 1.42. The van der Waals surface area contributed by atoms with E-state index in [1.807, 2.05) is 301 Å². The van der Waals surface area contributed by atoms with Crippen LogP contribution in [0.3, 0.4) is 0 Å². The van der Waals surface area contributed by atoms with Crippen molar-refractivity contribution in [3.05, 3.63) is 511 Å². The van der Waals surface area contributed by atoms with Gasteiger partial charge in [0.1, 0.15) is 0 Å². The summed E-state index contributed by atoms with van der Waals surface area (Å²) in [6.45, 7) is 6.25. The number of rotatable bonds is 24. The molecule has 650 valence electrons. The SMILES string of the molecule is C[C-](C)C.Nc1ccc(N(c2ccccc2)c2ccc(N(c3ccccc3)c3ccc(N)cc3)cc2)cc1.Nc1ccc(N(c2ccccc2)c2ccc(N(c3ccccc3)c3ccc(N)cc3)cc2)cc1.O=[N+]([O-])c1ccc(N(c2ccccc2)c2ccc(N(c3ccccc3)c3ccc([N+](=O)[O-])cc3)cc2)cc1.[K+].[OH-].c1ccc(Nc2ccc(Nc3ccccc3)cc2)cc1. The molecule has 132 heavy (non-hydrogen) atoms. The molecule has 0 spiro atoms. The van der Waals surface area contributed by atoms with Crippen molar-refractivity contribution in [1.29, 1.82) is 0 Å². The van der Waals surface area contributed by atoms with E-state index in [1.54, 1.807) is 24.3 Å². The molecule has 20 heteroatoms. The molecule has 19 nitrogen and oxygen atoms in total. The van der Waals surface area contributed by atoms with Crippen molar-refractivity contribution in [1.82, 2.24) is 0 Å². The van der Waals surface area contributed by atoms with Gasteiger partial charge in [-0.2, -0.15) is 20.8 Å². The minimum atomic E-state index is -0.415. The molecule has 0 saturated heterocycles. The van der Waals surface area contributed by atoms with E-state index >= 15 is 0 Å². The predicted molar refractivity (Wildman–Crippen MR) is 546 cm³/mol. The van der Waals surface area contributed by atoms with E-state index in [-0.39, 0.29) is 68.2 Å². The normalized spacial score (nSPS) is 10.3. The standard InChI is InChI=1S/C30H22N4O4.2C30H26N4.C18H16N2.C4H9.K.H2O/c35-33(36)29-19-15-27(16-20-29)31(23-7-3-1-4-8-23)25-11-13-26(14-12-25)32(24-9-5-2-6-10-24)28-17-21-30(22-18-28)34(37)38;2*31-23-11-15-27(16-12-23)33(25-7-3-1-4-8-25)29-19-21-30(22-20-29)34(26-9-5-2-6-10-26)28-17-13-24(32)14-18-28;1-3-7-15(8-4-1)19-17-11-13-18(14-12-17)20-16-9-5-2-6-10-16;1-4(2)3;;/h1-22H;2*1-22H,31-32H2;1-14,19-20H;1-3H3;;1H2/q;;;;-1;+1;/p-1. The minimum absolute atomic E-state index is 0. The van der Waals surface area contributed by atoms with Crippen LogP contribution in [0.4, 0.5) is 159 Å². The number of nitrogens with two attached hydrogens (primary N) is 4. The molecule has 0 amide bonds. The smallest absolute Gasteiger partial charge is 0.870 e. The van der Waals surface area contributed by atoms with Crippen LogP contribution < -0.4 is 114 Å². The van der Waals surface area contributed by atoms with E-state index in [2.05, 4.69) is 197 Å². The van der Waals surface area contributed by atoms with Gasteiger partial charge in [-0.15, -0.1) is 0 Å². The van der Waals surface area contributed by atoms with Gasteiger partial charge < -0.3 is 74.4 Å². The molecule has 0 atom stereocenters. The van der Waals surface area contributed by atoms with Crippen molar-refractivity contribution in [2.75, 3.05) is 63.0 Å². The first-order valence-electron chi connectivity index (χ1n) is 42.4. The van der Waals surface area contributed by atoms with Gasteiger partial charge in [-0.05, 0) is 315 Å². The first-order chi connectivity index (χ1) is 63.5. The van der Waals surface area contributed by atoms with Gasteiger partial charge in [0.15, 0.2) is 0 Å². The van der Waals surface area contributed by atoms with Crippen LogP contribution >= 0.6 is 0 Å². The van der Waals surface area contributed by atoms with E-state index < -0.39 is 9.85 Å². The fourth-order valence-corrected chi connectivity index (χ4v) is 14.4. The quantitative estimate of drug-likeness (QED) is 0.0108. The molecule has 0 saturated carbocycles. The first-order valence-corrected chi connectivity index (χ1v) is 42.4. The molecule has 18 aromatic rings. The number of benzene rings is 18. The maximum Gasteiger partial charge on any atom is 1.00 e. The summed E-state index contributed by atoms with van der Waals surface area (Å²) in [6.07, 6.45) is 0.